The molecule has 2 amide bonds. The minimum Gasteiger partial charge on any atom is -0.344 e. The fourth-order valence-corrected chi connectivity index (χ4v) is 1.85. The van der Waals surface area contributed by atoms with Gasteiger partial charge < -0.3 is 10.2 Å². The number of carbonyl (C=O) groups is 2. The summed E-state index contributed by atoms with van der Waals surface area (Å²) in [5.41, 5.74) is 0. The van der Waals surface area contributed by atoms with Gasteiger partial charge in [-0.05, 0) is 12.8 Å². The molecule has 0 saturated carbocycles. The first kappa shape index (κ1) is 12.9. The van der Waals surface area contributed by atoms with E-state index in [4.69, 9.17) is 0 Å². The third-order valence-electron chi connectivity index (χ3n) is 2.69. The van der Waals surface area contributed by atoms with Gasteiger partial charge in [0.25, 0.3) is 0 Å². The van der Waals surface area contributed by atoms with Crippen molar-refractivity contribution in [1.82, 2.24) is 10.2 Å². The standard InChI is InChI=1S/C11H19FN2O2/c1-2-4-9-11(16)14(7-3-6-12)8-5-10(15)13-9/h9H,2-8H2,1H3,(H,13,15). The molecule has 0 aromatic rings. The zero-order valence-corrected chi connectivity index (χ0v) is 9.67. The zero-order valence-electron chi connectivity index (χ0n) is 9.67. The van der Waals surface area contributed by atoms with Crippen molar-refractivity contribution < 1.29 is 14.0 Å². The van der Waals surface area contributed by atoms with Crippen LogP contribution in [-0.4, -0.2) is 42.5 Å². The molecular weight excluding hydrogens is 211 g/mol. The third-order valence-corrected chi connectivity index (χ3v) is 2.69. The van der Waals surface area contributed by atoms with Gasteiger partial charge in [0.15, 0.2) is 0 Å². The summed E-state index contributed by atoms with van der Waals surface area (Å²) >= 11 is 0. The fraction of sp³-hybridized carbons (Fsp3) is 0.818. The molecule has 1 aliphatic heterocycles. The van der Waals surface area contributed by atoms with Gasteiger partial charge in [0.2, 0.25) is 11.8 Å². The zero-order chi connectivity index (χ0) is 12.0. The Morgan fingerprint density at radius 1 is 1.50 bits per heavy atom. The first-order valence-corrected chi connectivity index (χ1v) is 5.83. The molecule has 1 aliphatic rings. The molecule has 0 bridgehead atoms. The Labute approximate surface area is 95.2 Å². The van der Waals surface area contributed by atoms with Gasteiger partial charge in [0.05, 0.1) is 6.67 Å². The first-order valence-electron chi connectivity index (χ1n) is 5.83. The lowest BCUT2D eigenvalue weighted by molar-refractivity contribution is -0.133. The largest absolute Gasteiger partial charge is 0.344 e. The minimum atomic E-state index is -0.427. The Kier molecular flexibility index (Phi) is 5.22. The van der Waals surface area contributed by atoms with E-state index in [9.17, 15) is 14.0 Å². The first-order chi connectivity index (χ1) is 7.69. The number of carbonyl (C=O) groups excluding carboxylic acids is 2. The van der Waals surface area contributed by atoms with Crippen LogP contribution in [0.3, 0.4) is 0 Å². The van der Waals surface area contributed by atoms with Gasteiger partial charge in [-0.2, -0.15) is 0 Å². The lowest BCUT2D eigenvalue weighted by Crippen LogP contribution is -2.44. The molecule has 0 aromatic heterocycles. The molecule has 0 spiro atoms. The van der Waals surface area contributed by atoms with Gasteiger partial charge >= 0.3 is 0 Å². The Balaban J connectivity index is 2.63. The molecule has 1 atom stereocenters. The van der Waals surface area contributed by atoms with E-state index in [2.05, 4.69) is 5.32 Å². The molecule has 1 saturated heterocycles. The number of nitrogens with zero attached hydrogens (tertiary/aromatic N) is 1. The smallest absolute Gasteiger partial charge is 0.245 e. The summed E-state index contributed by atoms with van der Waals surface area (Å²) in [6.07, 6.45) is 2.15. The lowest BCUT2D eigenvalue weighted by atomic mass is 10.1. The van der Waals surface area contributed by atoms with Gasteiger partial charge in [0.1, 0.15) is 6.04 Å². The summed E-state index contributed by atoms with van der Waals surface area (Å²) in [7, 11) is 0. The summed E-state index contributed by atoms with van der Waals surface area (Å²) in [5.74, 6) is -0.157. The van der Waals surface area contributed by atoms with Crippen LogP contribution in [0.25, 0.3) is 0 Å². The third kappa shape index (κ3) is 3.47. The highest BCUT2D eigenvalue weighted by Crippen LogP contribution is 2.08. The van der Waals surface area contributed by atoms with Gasteiger partial charge in [-0.15, -0.1) is 0 Å². The van der Waals surface area contributed by atoms with Crippen LogP contribution in [0.4, 0.5) is 4.39 Å². The van der Waals surface area contributed by atoms with E-state index < -0.39 is 12.7 Å². The molecule has 1 fully saturated rings. The number of rotatable bonds is 5. The minimum absolute atomic E-state index is 0.0684. The van der Waals surface area contributed by atoms with E-state index in [0.717, 1.165) is 6.42 Å². The van der Waals surface area contributed by atoms with Crippen LogP contribution in [0.2, 0.25) is 0 Å². The van der Waals surface area contributed by atoms with Gasteiger partial charge in [-0.3, -0.25) is 14.0 Å². The van der Waals surface area contributed by atoms with Crippen molar-refractivity contribution in [3.8, 4) is 0 Å². The molecule has 4 nitrogen and oxygen atoms in total. The van der Waals surface area contributed by atoms with Crippen LogP contribution in [-0.2, 0) is 9.59 Å². The van der Waals surface area contributed by atoms with Gasteiger partial charge in [-0.1, -0.05) is 13.3 Å². The number of hydrogen-bond acceptors (Lipinski definition) is 2. The average Bonchev–Trinajstić information content (AvgIpc) is 2.39. The molecule has 92 valence electrons. The Bertz CT molecular complexity index is 258. The van der Waals surface area contributed by atoms with Crippen LogP contribution >= 0.6 is 0 Å². The summed E-state index contributed by atoms with van der Waals surface area (Å²) in [6.45, 7) is 2.36. The van der Waals surface area contributed by atoms with Crippen molar-refractivity contribution in [3.05, 3.63) is 0 Å². The van der Waals surface area contributed by atoms with E-state index in [0.29, 0.717) is 32.4 Å². The highest BCUT2D eigenvalue weighted by Gasteiger charge is 2.28. The number of nitrogens with one attached hydrogen (secondary N) is 1. The molecular formula is C11H19FN2O2. The van der Waals surface area contributed by atoms with Crippen LogP contribution in [0.5, 0.6) is 0 Å². The van der Waals surface area contributed by atoms with E-state index in [1.54, 1.807) is 4.90 Å². The molecule has 0 radical (unpaired) electrons. The normalized spacial score (nSPS) is 21.9. The van der Waals surface area contributed by atoms with Crippen molar-refractivity contribution in [3.63, 3.8) is 0 Å². The van der Waals surface area contributed by atoms with Crippen molar-refractivity contribution in [2.24, 2.45) is 0 Å². The molecule has 5 heteroatoms. The fourth-order valence-electron chi connectivity index (χ4n) is 1.85. The Morgan fingerprint density at radius 2 is 2.25 bits per heavy atom. The Morgan fingerprint density at radius 3 is 2.88 bits per heavy atom. The number of hydrogen-bond donors (Lipinski definition) is 1. The van der Waals surface area contributed by atoms with Crippen molar-refractivity contribution in [2.75, 3.05) is 19.8 Å². The van der Waals surface area contributed by atoms with Crippen LogP contribution in [0.1, 0.15) is 32.6 Å². The van der Waals surface area contributed by atoms with E-state index in [1.807, 2.05) is 6.92 Å². The summed E-state index contributed by atoms with van der Waals surface area (Å²) < 4.78 is 12.1. The molecule has 16 heavy (non-hydrogen) atoms. The van der Waals surface area contributed by atoms with Gasteiger partial charge in [-0.25, -0.2) is 0 Å². The van der Waals surface area contributed by atoms with Crippen LogP contribution in [0, 0.1) is 0 Å². The summed E-state index contributed by atoms with van der Waals surface area (Å²) in [5, 5.41) is 2.71. The predicted octanol–water partition coefficient (Wildman–Crippen LogP) is 0.863. The molecule has 1 rings (SSSR count). The second kappa shape index (κ2) is 6.45. The number of amides is 2. The average molecular weight is 230 g/mol. The van der Waals surface area contributed by atoms with Crippen molar-refractivity contribution >= 4 is 11.8 Å². The van der Waals surface area contributed by atoms with Crippen LogP contribution < -0.4 is 5.32 Å². The second-order valence-corrected chi connectivity index (χ2v) is 4.03. The number of alkyl halides is 1. The predicted molar refractivity (Wildman–Crippen MR) is 58.6 cm³/mol. The number of halogens is 1. The van der Waals surface area contributed by atoms with Crippen LogP contribution in [0.15, 0.2) is 0 Å². The van der Waals surface area contributed by atoms with E-state index in [-0.39, 0.29) is 11.8 Å². The van der Waals surface area contributed by atoms with Crippen molar-refractivity contribution in [2.45, 2.75) is 38.6 Å². The monoisotopic (exact) mass is 230 g/mol. The van der Waals surface area contributed by atoms with Crippen molar-refractivity contribution in [1.29, 1.82) is 0 Å². The molecule has 1 unspecified atom stereocenters. The quantitative estimate of drug-likeness (QED) is 0.761. The maximum absolute atomic E-state index is 12.1. The molecule has 0 aliphatic carbocycles. The highest BCUT2D eigenvalue weighted by atomic mass is 19.1. The van der Waals surface area contributed by atoms with Gasteiger partial charge in [0, 0.05) is 19.5 Å². The Hall–Kier alpha value is -1.13. The maximum atomic E-state index is 12.1. The van der Waals surface area contributed by atoms with E-state index >= 15 is 0 Å². The molecule has 1 heterocycles. The topological polar surface area (TPSA) is 49.4 Å². The maximum Gasteiger partial charge on any atom is 0.245 e. The van der Waals surface area contributed by atoms with E-state index in [1.165, 1.54) is 0 Å². The lowest BCUT2D eigenvalue weighted by Gasteiger charge is -2.23. The summed E-state index contributed by atoms with van der Waals surface area (Å²) in [6, 6.07) is -0.417. The molecule has 1 N–H and O–H groups in total. The highest BCUT2D eigenvalue weighted by molar-refractivity contribution is 5.89. The SMILES string of the molecule is CCCC1NC(=O)CCN(CCCF)C1=O. The molecule has 0 aromatic carbocycles. The second-order valence-electron chi connectivity index (χ2n) is 4.03. The summed E-state index contributed by atoms with van der Waals surface area (Å²) in [4.78, 5) is 24.9.